The van der Waals surface area contributed by atoms with Gasteiger partial charge in [-0.05, 0) is 60.1 Å². The fourth-order valence-corrected chi connectivity index (χ4v) is 4.33. The van der Waals surface area contributed by atoms with Crippen LogP contribution in [0.1, 0.15) is 27.6 Å². The summed E-state index contributed by atoms with van der Waals surface area (Å²) in [5.41, 5.74) is 3.90. The second-order valence-corrected chi connectivity index (χ2v) is 7.80. The highest BCUT2D eigenvalue weighted by atomic mass is 79.9. The van der Waals surface area contributed by atoms with Crippen LogP contribution >= 0.6 is 43.2 Å². The van der Waals surface area contributed by atoms with Crippen molar-refractivity contribution in [1.82, 2.24) is 5.32 Å². The maximum absolute atomic E-state index is 3.65. The number of hydrogen-bond acceptors (Lipinski definition) is 2. The molecule has 0 saturated heterocycles. The van der Waals surface area contributed by atoms with Crippen molar-refractivity contribution in [2.24, 2.45) is 0 Å². The van der Waals surface area contributed by atoms with Crippen LogP contribution in [0.25, 0.3) is 0 Å². The molecule has 2 rings (SSSR count). The largest absolute Gasteiger partial charge is 0.309 e. The topological polar surface area (TPSA) is 12.0 Å². The Labute approximate surface area is 129 Å². The van der Waals surface area contributed by atoms with Crippen molar-refractivity contribution in [3.8, 4) is 0 Å². The zero-order chi connectivity index (χ0) is 13.3. The van der Waals surface area contributed by atoms with Gasteiger partial charge in [-0.25, -0.2) is 0 Å². The molecule has 1 heterocycles. The maximum atomic E-state index is 3.65. The van der Waals surface area contributed by atoms with E-state index in [0.717, 1.165) is 4.47 Å². The number of hydrogen-bond donors (Lipinski definition) is 1. The lowest BCUT2D eigenvalue weighted by molar-refractivity contribution is 0.687. The van der Waals surface area contributed by atoms with Gasteiger partial charge in [0.2, 0.25) is 0 Å². The minimum Gasteiger partial charge on any atom is -0.309 e. The molecule has 0 spiro atoms. The Bertz CT molecular complexity index is 563. The van der Waals surface area contributed by atoms with E-state index in [-0.39, 0.29) is 6.04 Å². The van der Waals surface area contributed by atoms with E-state index in [1.165, 1.54) is 25.4 Å². The molecule has 4 heteroatoms. The van der Waals surface area contributed by atoms with E-state index >= 15 is 0 Å². The molecule has 0 aliphatic heterocycles. The highest BCUT2D eigenvalue weighted by Gasteiger charge is 2.18. The van der Waals surface area contributed by atoms with Crippen molar-refractivity contribution in [3.05, 3.63) is 54.1 Å². The van der Waals surface area contributed by atoms with Gasteiger partial charge in [-0.3, -0.25) is 0 Å². The summed E-state index contributed by atoms with van der Waals surface area (Å²) in [5, 5.41) is 3.41. The Balaban J connectivity index is 2.51. The van der Waals surface area contributed by atoms with Crippen LogP contribution in [0.15, 0.2) is 32.5 Å². The Morgan fingerprint density at radius 2 is 1.83 bits per heavy atom. The van der Waals surface area contributed by atoms with Gasteiger partial charge in [-0.15, -0.1) is 11.3 Å². The lowest BCUT2D eigenvalue weighted by Gasteiger charge is -2.19. The number of benzene rings is 1. The molecule has 0 bridgehead atoms. The van der Waals surface area contributed by atoms with Crippen molar-refractivity contribution in [3.63, 3.8) is 0 Å². The average molecular weight is 389 g/mol. The van der Waals surface area contributed by atoms with Crippen LogP contribution in [0.5, 0.6) is 0 Å². The molecule has 18 heavy (non-hydrogen) atoms. The highest BCUT2D eigenvalue weighted by molar-refractivity contribution is 9.11. The summed E-state index contributed by atoms with van der Waals surface area (Å²) in [6, 6.07) is 8.90. The van der Waals surface area contributed by atoms with E-state index in [9.17, 15) is 0 Å². The molecule has 0 aliphatic carbocycles. The summed E-state index contributed by atoms with van der Waals surface area (Å²) >= 11 is 9.00. The summed E-state index contributed by atoms with van der Waals surface area (Å²) in [6.45, 7) is 4.29. The van der Waals surface area contributed by atoms with Gasteiger partial charge in [0.25, 0.3) is 0 Å². The van der Waals surface area contributed by atoms with E-state index in [0.29, 0.717) is 0 Å². The molecule has 2 aromatic rings. The minimum atomic E-state index is 0.224. The normalized spacial score (nSPS) is 12.7. The van der Waals surface area contributed by atoms with Crippen LogP contribution in [-0.4, -0.2) is 7.05 Å². The van der Waals surface area contributed by atoms with Gasteiger partial charge < -0.3 is 5.32 Å². The summed E-state index contributed by atoms with van der Waals surface area (Å²) in [4.78, 5) is 1.34. The lowest BCUT2D eigenvalue weighted by Crippen LogP contribution is -2.18. The first-order valence-electron chi connectivity index (χ1n) is 5.72. The Kier molecular flexibility index (Phi) is 4.64. The molecule has 0 aliphatic rings. The Hall–Kier alpha value is -0.160. The predicted molar refractivity (Wildman–Crippen MR) is 86.5 cm³/mol. The summed E-state index contributed by atoms with van der Waals surface area (Å²) in [6.07, 6.45) is 0. The van der Waals surface area contributed by atoms with Gasteiger partial charge >= 0.3 is 0 Å². The van der Waals surface area contributed by atoms with Crippen molar-refractivity contribution in [1.29, 1.82) is 0 Å². The van der Waals surface area contributed by atoms with Gasteiger partial charge in [0, 0.05) is 9.35 Å². The number of thiophene rings is 1. The Morgan fingerprint density at radius 3 is 2.39 bits per heavy atom. The summed E-state index contributed by atoms with van der Waals surface area (Å²) < 4.78 is 2.33. The number of aryl methyl sites for hydroxylation is 2. The molecule has 1 nitrogen and oxygen atoms in total. The van der Waals surface area contributed by atoms with E-state index < -0.39 is 0 Å². The summed E-state index contributed by atoms with van der Waals surface area (Å²) in [5.74, 6) is 0. The predicted octanol–water partition coefficient (Wildman–Crippen LogP) is 5.20. The molecule has 96 valence electrons. The van der Waals surface area contributed by atoms with Gasteiger partial charge in [-0.1, -0.05) is 33.6 Å². The van der Waals surface area contributed by atoms with Crippen molar-refractivity contribution < 1.29 is 0 Å². The SMILES string of the molecule is CNC(c1cc(C)ccc1Br)c1cc(Br)sc1C. The molecule has 1 unspecified atom stereocenters. The highest BCUT2D eigenvalue weighted by Crippen LogP contribution is 2.36. The second kappa shape index (κ2) is 5.87. The van der Waals surface area contributed by atoms with Crippen molar-refractivity contribution in [2.75, 3.05) is 7.05 Å². The van der Waals surface area contributed by atoms with Gasteiger partial charge in [0.1, 0.15) is 0 Å². The van der Waals surface area contributed by atoms with Crippen LogP contribution in [0, 0.1) is 13.8 Å². The Morgan fingerprint density at radius 1 is 1.11 bits per heavy atom. The van der Waals surface area contributed by atoms with E-state index in [1.807, 2.05) is 7.05 Å². The molecule has 1 N–H and O–H groups in total. The molecule has 0 amide bonds. The molecular formula is C14H15Br2NS. The smallest absolute Gasteiger partial charge is 0.0704 e. The van der Waals surface area contributed by atoms with Crippen LogP contribution in [0.2, 0.25) is 0 Å². The maximum Gasteiger partial charge on any atom is 0.0704 e. The monoisotopic (exact) mass is 387 g/mol. The van der Waals surface area contributed by atoms with Crippen molar-refractivity contribution in [2.45, 2.75) is 19.9 Å². The van der Waals surface area contributed by atoms with E-state index in [1.54, 1.807) is 11.3 Å². The second-order valence-electron chi connectivity index (χ2n) is 4.31. The first-order chi connectivity index (χ1) is 8.52. The lowest BCUT2D eigenvalue weighted by atomic mass is 9.98. The standard InChI is InChI=1S/C14H15Br2NS/c1-8-4-5-12(15)11(6-8)14(17-3)10-7-13(16)18-9(10)2/h4-7,14,17H,1-3H3. The van der Waals surface area contributed by atoms with Gasteiger partial charge in [0.05, 0.1) is 9.83 Å². The first-order valence-corrected chi connectivity index (χ1v) is 8.12. The van der Waals surface area contributed by atoms with Crippen LogP contribution in [-0.2, 0) is 0 Å². The molecule has 0 fully saturated rings. The molecule has 1 atom stereocenters. The summed E-state index contributed by atoms with van der Waals surface area (Å²) in [7, 11) is 2.00. The number of halogens is 2. The van der Waals surface area contributed by atoms with Crippen LogP contribution in [0.3, 0.4) is 0 Å². The minimum absolute atomic E-state index is 0.224. The zero-order valence-corrected chi connectivity index (χ0v) is 14.5. The number of nitrogens with one attached hydrogen (secondary N) is 1. The fraction of sp³-hybridized carbons (Fsp3) is 0.286. The van der Waals surface area contributed by atoms with Crippen LogP contribution in [0.4, 0.5) is 0 Å². The third-order valence-corrected chi connectivity index (χ3v) is 5.28. The average Bonchev–Trinajstić information content (AvgIpc) is 2.64. The molecule has 0 saturated carbocycles. The van der Waals surface area contributed by atoms with Crippen LogP contribution < -0.4 is 5.32 Å². The van der Waals surface area contributed by atoms with E-state index in [4.69, 9.17) is 0 Å². The van der Waals surface area contributed by atoms with Gasteiger partial charge in [-0.2, -0.15) is 0 Å². The zero-order valence-electron chi connectivity index (χ0n) is 10.6. The quantitative estimate of drug-likeness (QED) is 0.761. The molecular weight excluding hydrogens is 374 g/mol. The number of rotatable bonds is 3. The van der Waals surface area contributed by atoms with E-state index in [2.05, 4.69) is 75.3 Å². The third kappa shape index (κ3) is 2.87. The molecule has 1 aromatic carbocycles. The van der Waals surface area contributed by atoms with Gasteiger partial charge in [0.15, 0.2) is 0 Å². The first kappa shape index (κ1) is 14.3. The molecule has 1 aromatic heterocycles. The van der Waals surface area contributed by atoms with Crippen molar-refractivity contribution >= 4 is 43.2 Å². The third-order valence-electron chi connectivity index (χ3n) is 2.99. The molecule has 0 radical (unpaired) electrons. The fourth-order valence-electron chi connectivity index (χ4n) is 2.11.